The van der Waals surface area contributed by atoms with Crippen molar-refractivity contribution in [3.63, 3.8) is 0 Å². The standard InChI is InChI=1S/C9H7ClF3O2PS/c1-5(16)6-2-7(10)4-8(3-6)17(14,15)9(11,12)13/h2-4,16H,1H3. The van der Waals surface area contributed by atoms with Crippen LogP contribution >= 0.6 is 20.5 Å². The van der Waals surface area contributed by atoms with E-state index in [-0.39, 0.29) is 10.6 Å². The second-order valence-electron chi connectivity index (χ2n) is 3.25. The second-order valence-corrected chi connectivity index (χ2v) is 6.38. The Morgan fingerprint density at radius 2 is 1.82 bits per heavy atom. The Balaban J connectivity index is 3.49. The van der Waals surface area contributed by atoms with E-state index < -0.39 is 20.2 Å². The van der Waals surface area contributed by atoms with Gasteiger partial charge in [0.05, 0.1) is 4.90 Å². The molecule has 2 nitrogen and oxygen atoms in total. The number of sulfone groups is 1. The van der Waals surface area contributed by atoms with Gasteiger partial charge in [0.15, 0.2) is 0 Å². The van der Waals surface area contributed by atoms with Gasteiger partial charge < -0.3 is 0 Å². The van der Waals surface area contributed by atoms with E-state index in [1.807, 2.05) is 0 Å². The summed E-state index contributed by atoms with van der Waals surface area (Å²) in [4.78, 5) is -0.870. The van der Waals surface area contributed by atoms with Crippen LogP contribution in [0.15, 0.2) is 23.1 Å². The molecule has 0 heterocycles. The Kier molecular flexibility index (Phi) is 3.91. The summed E-state index contributed by atoms with van der Waals surface area (Å²) in [5.74, 6) is 0. The van der Waals surface area contributed by atoms with Gasteiger partial charge in [-0.1, -0.05) is 11.6 Å². The molecule has 1 aromatic rings. The van der Waals surface area contributed by atoms with E-state index in [0.717, 1.165) is 12.1 Å². The van der Waals surface area contributed by atoms with Crippen LogP contribution in [-0.4, -0.2) is 19.2 Å². The van der Waals surface area contributed by atoms with Crippen molar-refractivity contribution < 1.29 is 21.6 Å². The lowest BCUT2D eigenvalue weighted by molar-refractivity contribution is -0.0436. The molecule has 0 fully saturated rings. The van der Waals surface area contributed by atoms with Crippen LogP contribution in [0.4, 0.5) is 13.2 Å². The summed E-state index contributed by atoms with van der Waals surface area (Å²) >= 11 is 5.58. The van der Waals surface area contributed by atoms with E-state index in [9.17, 15) is 21.6 Å². The molecule has 0 N–H and O–H groups in total. The molecule has 0 unspecified atom stereocenters. The molecule has 0 amide bonds. The fourth-order valence-electron chi connectivity index (χ4n) is 1.07. The zero-order valence-corrected chi connectivity index (χ0v) is 11.0. The molecule has 94 valence electrons. The van der Waals surface area contributed by atoms with E-state index in [2.05, 4.69) is 8.86 Å². The molecular weight excluding hydrogens is 296 g/mol. The number of hydrogen-bond donors (Lipinski definition) is 0. The zero-order valence-electron chi connectivity index (χ0n) is 8.47. The Bertz CT molecular complexity index is 566. The van der Waals surface area contributed by atoms with Crippen molar-refractivity contribution in [2.24, 2.45) is 0 Å². The van der Waals surface area contributed by atoms with Crippen LogP contribution in [0.25, 0.3) is 0 Å². The third-order valence-electron chi connectivity index (χ3n) is 1.92. The Hall–Kier alpha value is -0.580. The van der Waals surface area contributed by atoms with E-state index in [4.69, 9.17) is 11.6 Å². The molecule has 0 bridgehead atoms. The highest BCUT2D eigenvalue weighted by Crippen LogP contribution is 2.32. The van der Waals surface area contributed by atoms with Crippen molar-refractivity contribution in [3.05, 3.63) is 28.8 Å². The fraction of sp³-hybridized carbons (Fsp3) is 0.222. The molecule has 0 spiro atoms. The predicted octanol–water partition coefficient (Wildman–Crippen LogP) is 3.32. The van der Waals surface area contributed by atoms with Gasteiger partial charge >= 0.3 is 5.51 Å². The number of hydrogen-bond acceptors (Lipinski definition) is 2. The van der Waals surface area contributed by atoms with Gasteiger partial charge in [-0.15, -0.1) is 8.86 Å². The molecule has 0 saturated heterocycles. The highest BCUT2D eigenvalue weighted by Gasteiger charge is 2.47. The van der Waals surface area contributed by atoms with Gasteiger partial charge in [0.2, 0.25) is 0 Å². The lowest BCUT2D eigenvalue weighted by Crippen LogP contribution is -2.23. The van der Waals surface area contributed by atoms with Crippen LogP contribution in [0.1, 0.15) is 12.5 Å². The lowest BCUT2D eigenvalue weighted by Gasteiger charge is -2.10. The molecule has 17 heavy (non-hydrogen) atoms. The van der Waals surface area contributed by atoms with E-state index in [1.165, 1.54) is 6.07 Å². The minimum absolute atomic E-state index is 0.0806. The molecule has 1 rings (SSSR count). The fourth-order valence-corrected chi connectivity index (χ4v) is 2.34. The van der Waals surface area contributed by atoms with Crippen LogP contribution in [0.3, 0.4) is 0 Å². The summed E-state index contributed by atoms with van der Waals surface area (Å²) in [5, 5.41) is 0.397. The molecule has 0 radical (unpaired) electrons. The van der Waals surface area contributed by atoms with E-state index >= 15 is 0 Å². The van der Waals surface area contributed by atoms with Gasteiger partial charge in [0.25, 0.3) is 9.84 Å². The summed E-state index contributed by atoms with van der Waals surface area (Å²) in [7, 11) is -2.27. The molecule has 0 aliphatic rings. The smallest absolute Gasteiger partial charge is 0.214 e. The summed E-state index contributed by atoms with van der Waals surface area (Å²) in [6.07, 6.45) is 0. The summed E-state index contributed by atoms with van der Waals surface area (Å²) in [5.41, 5.74) is -5.06. The second kappa shape index (κ2) is 4.59. The SMILES string of the molecule is CC(=P)c1cc(Cl)cc(S(=O)(=O)C(F)(F)F)c1. The molecule has 0 aliphatic heterocycles. The Labute approximate surface area is 104 Å². The van der Waals surface area contributed by atoms with Crippen molar-refractivity contribution in [2.75, 3.05) is 0 Å². The molecule has 0 saturated carbocycles. The number of benzene rings is 1. The predicted molar refractivity (Wildman–Crippen MR) is 62.8 cm³/mol. The first-order valence-electron chi connectivity index (χ1n) is 4.23. The van der Waals surface area contributed by atoms with Gasteiger partial charge in [-0.3, -0.25) is 0 Å². The van der Waals surface area contributed by atoms with Crippen LogP contribution < -0.4 is 0 Å². The van der Waals surface area contributed by atoms with Crippen LogP contribution in [-0.2, 0) is 9.84 Å². The normalized spacial score (nSPS) is 12.5. The molecule has 8 heteroatoms. The summed E-state index contributed by atoms with van der Waals surface area (Å²) in [6.45, 7) is 1.56. The molecule has 0 aliphatic carbocycles. The van der Waals surface area contributed by atoms with Gasteiger partial charge in [0, 0.05) is 5.02 Å². The molecular formula is C9H7ClF3O2PS. The first kappa shape index (κ1) is 14.5. The topological polar surface area (TPSA) is 34.1 Å². The largest absolute Gasteiger partial charge is 0.501 e. The zero-order chi connectivity index (χ0) is 13.4. The van der Waals surface area contributed by atoms with Crippen molar-refractivity contribution in [1.29, 1.82) is 0 Å². The van der Waals surface area contributed by atoms with Gasteiger partial charge in [-0.05, 0) is 36.0 Å². The number of halogens is 4. The summed E-state index contributed by atoms with van der Waals surface area (Å²) < 4.78 is 59.3. The van der Waals surface area contributed by atoms with Crippen LogP contribution in [0.5, 0.6) is 0 Å². The van der Waals surface area contributed by atoms with Crippen LogP contribution in [0.2, 0.25) is 5.02 Å². The highest BCUT2D eigenvalue weighted by molar-refractivity contribution is 7.92. The maximum atomic E-state index is 12.3. The number of alkyl halides is 3. The quantitative estimate of drug-likeness (QED) is 0.785. The summed E-state index contributed by atoms with van der Waals surface area (Å²) in [6, 6.07) is 3.04. The highest BCUT2D eigenvalue weighted by atomic mass is 35.5. The third kappa shape index (κ3) is 3.00. The van der Waals surface area contributed by atoms with Crippen molar-refractivity contribution in [3.8, 4) is 0 Å². The Morgan fingerprint density at radius 3 is 2.24 bits per heavy atom. The average Bonchev–Trinajstić information content (AvgIpc) is 2.14. The minimum atomic E-state index is -5.37. The van der Waals surface area contributed by atoms with Gasteiger partial charge in [0.1, 0.15) is 0 Å². The first-order chi connectivity index (χ1) is 7.55. The molecule has 0 aromatic heterocycles. The van der Waals surface area contributed by atoms with Gasteiger partial charge in [-0.2, -0.15) is 13.2 Å². The maximum absolute atomic E-state index is 12.3. The monoisotopic (exact) mass is 302 g/mol. The first-order valence-corrected chi connectivity index (χ1v) is 6.59. The van der Waals surface area contributed by atoms with Gasteiger partial charge in [-0.25, -0.2) is 8.42 Å². The van der Waals surface area contributed by atoms with E-state index in [1.54, 1.807) is 6.92 Å². The van der Waals surface area contributed by atoms with E-state index in [0.29, 0.717) is 5.29 Å². The van der Waals surface area contributed by atoms with Crippen molar-refractivity contribution in [1.82, 2.24) is 0 Å². The lowest BCUT2D eigenvalue weighted by atomic mass is 10.2. The minimum Gasteiger partial charge on any atom is -0.214 e. The van der Waals surface area contributed by atoms with Crippen LogP contribution in [0, 0.1) is 0 Å². The maximum Gasteiger partial charge on any atom is 0.501 e. The van der Waals surface area contributed by atoms with Crippen molar-refractivity contribution >= 4 is 35.6 Å². The Morgan fingerprint density at radius 1 is 1.29 bits per heavy atom. The third-order valence-corrected chi connectivity index (χ3v) is 3.89. The number of rotatable bonds is 2. The molecule has 0 atom stereocenters. The average molecular weight is 303 g/mol. The van der Waals surface area contributed by atoms with Crippen molar-refractivity contribution in [2.45, 2.75) is 17.3 Å². The molecule has 1 aromatic carbocycles.